The lowest BCUT2D eigenvalue weighted by atomic mass is 9.99. The average Bonchev–Trinajstić information content (AvgIpc) is 2.55. The number of halogens is 4. The molecular formula is C18H18ClF3N2S. The highest BCUT2D eigenvalue weighted by molar-refractivity contribution is 7.80. The topological polar surface area (TPSA) is 24.1 Å². The van der Waals surface area contributed by atoms with Gasteiger partial charge in [-0.1, -0.05) is 37.6 Å². The SMILES string of the molecule is CCC(C)c1ccc(NC(=S)Nc2ccc(Cl)c(C(F)(F)F)c2)cc1. The molecule has 2 aromatic carbocycles. The molecule has 0 fully saturated rings. The molecule has 2 rings (SSSR count). The predicted molar refractivity (Wildman–Crippen MR) is 101 cm³/mol. The van der Waals surface area contributed by atoms with Gasteiger partial charge in [-0.05, 0) is 60.5 Å². The fourth-order valence-corrected chi connectivity index (χ4v) is 2.70. The van der Waals surface area contributed by atoms with Crippen molar-refractivity contribution in [2.75, 3.05) is 10.6 Å². The molecule has 0 bridgehead atoms. The molecule has 25 heavy (non-hydrogen) atoms. The largest absolute Gasteiger partial charge is 0.417 e. The van der Waals surface area contributed by atoms with E-state index in [0.717, 1.165) is 18.2 Å². The molecule has 2 nitrogen and oxygen atoms in total. The Morgan fingerprint density at radius 2 is 1.64 bits per heavy atom. The Labute approximate surface area is 155 Å². The van der Waals surface area contributed by atoms with E-state index in [9.17, 15) is 13.2 Å². The number of alkyl halides is 3. The fraction of sp³-hybridized carbons (Fsp3) is 0.278. The predicted octanol–water partition coefficient (Wildman–Crippen LogP) is 6.68. The number of hydrogen-bond donors (Lipinski definition) is 2. The average molecular weight is 387 g/mol. The first-order valence-electron chi connectivity index (χ1n) is 7.75. The van der Waals surface area contributed by atoms with E-state index in [4.69, 9.17) is 23.8 Å². The highest BCUT2D eigenvalue weighted by Crippen LogP contribution is 2.36. The number of benzene rings is 2. The van der Waals surface area contributed by atoms with Crippen molar-refractivity contribution in [3.8, 4) is 0 Å². The van der Waals surface area contributed by atoms with E-state index in [0.29, 0.717) is 5.92 Å². The molecule has 0 amide bonds. The molecule has 0 aliphatic rings. The van der Waals surface area contributed by atoms with Crippen LogP contribution in [0.2, 0.25) is 5.02 Å². The van der Waals surface area contributed by atoms with Crippen molar-refractivity contribution < 1.29 is 13.2 Å². The summed E-state index contributed by atoms with van der Waals surface area (Å²) in [6.45, 7) is 4.27. The van der Waals surface area contributed by atoms with Crippen LogP contribution in [0.1, 0.15) is 37.3 Å². The summed E-state index contributed by atoms with van der Waals surface area (Å²) in [4.78, 5) is 0. The maximum absolute atomic E-state index is 12.9. The Bertz CT molecular complexity index is 745. The van der Waals surface area contributed by atoms with Crippen LogP contribution in [0.25, 0.3) is 0 Å². The van der Waals surface area contributed by atoms with Gasteiger partial charge in [-0.25, -0.2) is 0 Å². The fourth-order valence-electron chi connectivity index (χ4n) is 2.24. The zero-order valence-electron chi connectivity index (χ0n) is 13.7. The minimum Gasteiger partial charge on any atom is -0.332 e. The van der Waals surface area contributed by atoms with Crippen molar-refractivity contribution in [2.45, 2.75) is 32.4 Å². The molecule has 0 aliphatic carbocycles. The van der Waals surface area contributed by atoms with E-state index in [1.165, 1.54) is 17.7 Å². The van der Waals surface area contributed by atoms with Crippen molar-refractivity contribution in [1.82, 2.24) is 0 Å². The molecule has 0 saturated heterocycles. The number of thiocarbonyl (C=S) groups is 1. The first-order valence-corrected chi connectivity index (χ1v) is 8.54. The normalized spacial score (nSPS) is 12.6. The van der Waals surface area contributed by atoms with E-state index in [1.807, 2.05) is 24.3 Å². The summed E-state index contributed by atoms with van der Waals surface area (Å²) in [5.41, 5.74) is 1.29. The molecule has 0 radical (unpaired) electrons. The Morgan fingerprint density at radius 1 is 1.08 bits per heavy atom. The van der Waals surface area contributed by atoms with Gasteiger partial charge in [-0.2, -0.15) is 13.2 Å². The molecule has 1 atom stereocenters. The van der Waals surface area contributed by atoms with Crippen LogP contribution in [0.4, 0.5) is 24.5 Å². The van der Waals surface area contributed by atoms with E-state index in [-0.39, 0.29) is 15.8 Å². The summed E-state index contributed by atoms with van der Waals surface area (Å²) < 4.78 is 38.7. The van der Waals surface area contributed by atoms with Crippen molar-refractivity contribution in [1.29, 1.82) is 0 Å². The first-order chi connectivity index (χ1) is 11.7. The Kier molecular flexibility index (Phi) is 6.30. The van der Waals surface area contributed by atoms with Gasteiger partial charge in [-0.15, -0.1) is 0 Å². The molecule has 0 heterocycles. The van der Waals surface area contributed by atoms with E-state index in [1.54, 1.807) is 0 Å². The van der Waals surface area contributed by atoms with Crippen molar-refractivity contribution >= 4 is 40.3 Å². The molecule has 0 aliphatic heterocycles. The second-order valence-electron chi connectivity index (χ2n) is 5.70. The number of rotatable bonds is 4. The number of hydrogen-bond acceptors (Lipinski definition) is 1. The second kappa shape index (κ2) is 8.06. The van der Waals surface area contributed by atoms with Crippen LogP contribution in [-0.2, 0) is 6.18 Å². The van der Waals surface area contributed by atoms with Gasteiger partial charge < -0.3 is 10.6 Å². The van der Waals surface area contributed by atoms with Gasteiger partial charge in [0.05, 0.1) is 10.6 Å². The van der Waals surface area contributed by atoms with Crippen molar-refractivity contribution in [3.05, 3.63) is 58.6 Å². The minimum absolute atomic E-state index is 0.201. The lowest BCUT2D eigenvalue weighted by molar-refractivity contribution is -0.137. The molecule has 1 unspecified atom stereocenters. The van der Waals surface area contributed by atoms with Gasteiger partial charge in [-0.3, -0.25) is 0 Å². The molecule has 0 saturated carbocycles. The molecule has 7 heteroatoms. The third-order valence-corrected chi connectivity index (χ3v) is 4.41. The summed E-state index contributed by atoms with van der Waals surface area (Å²) >= 11 is 10.8. The van der Waals surface area contributed by atoms with Gasteiger partial charge in [0, 0.05) is 11.4 Å². The molecule has 134 valence electrons. The second-order valence-corrected chi connectivity index (χ2v) is 6.52. The maximum Gasteiger partial charge on any atom is 0.417 e. The molecule has 0 spiro atoms. The maximum atomic E-state index is 12.9. The number of nitrogens with one attached hydrogen (secondary N) is 2. The standard InChI is InChI=1S/C18H18ClF3N2S/c1-3-11(2)12-4-6-13(7-5-12)23-17(25)24-14-8-9-16(19)15(10-14)18(20,21)22/h4-11H,3H2,1-2H3,(H2,23,24,25). The zero-order chi connectivity index (χ0) is 18.6. The first kappa shape index (κ1) is 19.5. The summed E-state index contributed by atoms with van der Waals surface area (Å²) in [5.74, 6) is 0.467. The van der Waals surface area contributed by atoms with Crippen LogP contribution in [0.5, 0.6) is 0 Å². The van der Waals surface area contributed by atoms with Crippen LogP contribution in [0, 0.1) is 0 Å². The monoisotopic (exact) mass is 386 g/mol. The van der Waals surface area contributed by atoms with Crippen LogP contribution < -0.4 is 10.6 Å². The summed E-state index contributed by atoms with van der Waals surface area (Å²) in [5, 5.41) is 5.55. The van der Waals surface area contributed by atoms with Gasteiger partial charge in [0.15, 0.2) is 5.11 Å². The molecule has 2 N–H and O–H groups in total. The summed E-state index contributed by atoms with van der Waals surface area (Å²) in [6.07, 6.45) is -3.47. The molecule has 0 aromatic heterocycles. The van der Waals surface area contributed by atoms with Crippen LogP contribution in [0.3, 0.4) is 0 Å². The third kappa shape index (κ3) is 5.34. The van der Waals surface area contributed by atoms with E-state index in [2.05, 4.69) is 24.5 Å². The van der Waals surface area contributed by atoms with Crippen molar-refractivity contribution in [2.24, 2.45) is 0 Å². The lowest BCUT2D eigenvalue weighted by Gasteiger charge is -2.14. The van der Waals surface area contributed by atoms with E-state index < -0.39 is 11.7 Å². The van der Waals surface area contributed by atoms with Gasteiger partial charge in [0.25, 0.3) is 0 Å². The van der Waals surface area contributed by atoms with Crippen molar-refractivity contribution in [3.63, 3.8) is 0 Å². The summed E-state index contributed by atoms with van der Waals surface area (Å²) in [6, 6.07) is 11.3. The highest BCUT2D eigenvalue weighted by atomic mass is 35.5. The third-order valence-electron chi connectivity index (χ3n) is 3.88. The van der Waals surface area contributed by atoms with Crippen LogP contribution in [0.15, 0.2) is 42.5 Å². The number of anilines is 2. The Hall–Kier alpha value is -1.79. The quantitative estimate of drug-likeness (QED) is 0.573. The van der Waals surface area contributed by atoms with Gasteiger partial charge in [0.2, 0.25) is 0 Å². The van der Waals surface area contributed by atoms with Gasteiger partial charge in [0.1, 0.15) is 0 Å². The van der Waals surface area contributed by atoms with Crippen LogP contribution in [-0.4, -0.2) is 5.11 Å². The smallest absolute Gasteiger partial charge is 0.332 e. The van der Waals surface area contributed by atoms with Gasteiger partial charge >= 0.3 is 6.18 Å². The Morgan fingerprint density at radius 3 is 2.20 bits per heavy atom. The zero-order valence-corrected chi connectivity index (χ0v) is 15.3. The highest BCUT2D eigenvalue weighted by Gasteiger charge is 2.33. The molecule has 2 aromatic rings. The lowest BCUT2D eigenvalue weighted by Crippen LogP contribution is -2.19. The van der Waals surface area contributed by atoms with Crippen LogP contribution >= 0.6 is 23.8 Å². The summed E-state index contributed by atoms with van der Waals surface area (Å²) in [7, 11) is 0. The minimum atomic E-state index is -4.52. The Balaban J connectivity index is 2.05. The molecular weight excluding hydrogens is 369 g/mol. The van der Waals surface area contributed by atoms with E-state index >= 15 is 0 Å².